The lowest BCUT2D eigenvalue weighted by Crippen LogP contribution is -2.32. The van der Waals surface area contributed by atoms with Crippen molar-refractivity contribution in [2.75, 3.05) is 32.1 Å². The fraction of sp³-hybridized carbons (Fsp3) is 0.600. The normalized spacial score (nSPS) is 24.4. The molecular formula is C15H25N3. The van der Waals surface area contributed by atoms with Crippen LogP contribution in [-0.4, -0.2) is 38.1 Å². The Bertz CT molecular complexity index is 370. The number of nitrogens with two attached hydrogens (primary N) is 1. The summed E-state index contributed by atoms with van der Waals surface area (Å²) in [7, 11) is 4.14. The summed E-state index contributed by atoms with van der Waals surface area (Å²) in [5.74, 6) is 0. The standard InChI is InChI=1S/C15H25N3/c1-4-10-18-11-9-14(16)15(18)12-5-7-13(8-6-12)17(2)3/h5-8,14-15H,4,9-11,16H2,1-3H3/t14-,15+/m0/s1. The van der Waals surface area contributed by atoms with Gasteiger partial charge >= 0.3 is 0 Å². The van der Waals surface area contributed by atoms with E-state index in [1.165, 1.54) is 17.7 Å². The second-order valence-corrected chi connectivity index (χ2v) is 5.42. The second-order valence-electron chi connectivity index (χ2n) is 5.42. The van der Waals surface area contributed by atoms with Crippen LogP contribution in [0.1, 0.15) is 31.4 Å². The Hall–Kier alpha value is -1.06. The monoisotopic (exact) mass is 247 g/mol. The van der Waals surface area contributed by atoms with Gasteiger partial charge in [0, 0.05) is 38.4 Å². The molecule has 0 saturated carbocycles. The molecule has 1 fully saturated rings. The summed E-state index contributed by atoms with van der Waals surface area (Å²) in [6.45, 7) is 4.51. The first kappa shape index (κ1) is 13.4. The zero-order valence-electron chi connectivity index (χ0n) is 11.8. The van der Waals surface area contributed by atoms with Gasteiger partial charge in [0.05, 0.1) is 0 Å². The number of benzene rings is 1. The number of likely N-dealkylation sites (tertiary alicyclic amines) is 1. The van der Waals surface area contributed by atoms with Gasteiger partial charge in [-0.3, -0.25) is 4.90 Å². The van der Waals surface area contributed by atoms with E-state index in [9.17, 15) is 0 Å². The van der Waals surface area contributed by atoms with Crippen LogP contribution in [0.5, 0.6) is 0 Å². The van der Waals surface area contributed by atoms with Crippen LogP contribution in [0, 0.1) is 0 Å². The zero-order chi connectivity index (χ0) is 13.1. The van der Waals surface area contributed by atoms with Gasteiger partial charge in [0.2, 0.25) is 0 Å². The molecule has 1 aliphatic rings. The van der Waals surface area contributed by atoms with Crippen molar-refractivity contribution in [3.8, 4) is 0 Å². The number of hydrogen-bond donors (Lipinski definition) is 1. The molecule has 0 amide bonds. The molecule has 0 aliphatic carbocycles. The Labute approximate surface area is 111 Å². The smallest absolute Gasteiger partial charge is 0.0499 e. The molecule has 0 radical (unpaired) electrons. The lowest BCUT2D eigenvalue weighted by atomic mass is 10.0. The summed E-state index contributed by atoms with van der Waals surface area (Å²) < 4.78 is 0. The van der Waals surface area contributed by atoms with Crippen LogP contribution in [-0.2, 0) is 0 Å². The topological polar surface area (TPSA) is 32.5 Å². The highest BCUT2D eigenvalue weighted by Crippen LogP contribution is 2.31. The Morgan fingerprint density at radius 2 is 1.94 bits per heavy atom. The highest BCUT2D eigenvalue weighted by molar-refractivity contribution is 5.46. The SMILES string of the molecule is CCCN1CC[C@H](N)[C@H]1c1ccc(N(C)C)cc1. The van der Waals surface area contributed by atoms with Crippen molar-refractivity contribution in [2.24, 2.45) is 5.73 Å². The van der Waals surface area contributed by atoms with Crippen LogP contribution in [0.15, 0.2) is 24.3 Å². The first-order valence-electron chi connectivity index (χ1n) is 6.90. The van der Waals surface area contributed by atoms with Gasteiger partial charge in [0.15, 0.2) is 0 Å². The van der Waals surface area contributed by atoms with Crippen molar-refractivity contribution in [3.05, 3.63) is 29.8 Å². The maximum atomic E-state index is 6.28. The lowest BCUT2D eigenvalue weighted by Gasteiger charge is -2.27. The van der Waals surface area contributed by atoms with Gasteiger partial charge in [0.25, 0.3) is 0 Å². The molecule has 1 saturated heterocycles. The molecule has 1 aromatic carbocycles. The fourth-order valence-electron chi connectivity index (χ4n) is 2.85. The average Bonchev–Trinajstić information content (AvgIpc) is 2.71. The van der Waals surface area contributed by atoms with Crippen molar-refractivity contribution in [1.29, 1.82) is 0 Å². The summed E-state index contributed by atoms with van der Waals surface area (Å²) in [6.07, 6.45) is 2.30. The Morgan fingerprint density at radius 1 is 1.28 bits per heavy atom. The molecule has 1 aliphatic heterocycles. The number of hydrogen-bond acceptors (Lipinski definition) is 3. The minimum atomic E-state index is 0.279. The fourth-order valence-corrected chi connectivity index (χ4v) is 2.85. The second kappa shape index (κ2) is 5.72. The quantitative estimate of drug-likeness (QED) is 0.885. The largest absolute Gasteiger partial charge is 0.378 e. The molecule has 3 nitrogen and oxygen atoms in total. The highest BCUT2D eigenvalue weighted by atomic mass is 15.2. The third-order valence-electron chi connectivity index (χ3n) is 3.81. The van der Waals surface area contributed by atoms with Crippen molar-refractivity contribution >= 4 is 5.69 Å². The van der Waals surface area contributed by atoms with Crippen LogP contribution in [0.25, 0.3) is 0 Å². The van der Waals surface area contributed by atoms with E-state index in [4.69, 9.17) is 5.73 Å². The van der Waals surface area contributed by atoms with Gasteiger partial charge < -0.3 is 10.6 Å². The predicted molar refractivity (Wildman–Crippen MR) is 78.0 cm³/mol. The third kappa shape index (κ3) is 2.68. The first-order valence-corrected chi connectivity index (χ1v) is 6.90. The number of nitrogens with zero attached hydrogens (tertiary/aromatic N) is 2. The summed E-state index contributed by atoms with van der Waals surface area (Å²) in [5, 5.41) is 0. The maximum absolute atomic E-state index is 6.28. The van der Waals surface area contributed by atoms with E-state index in [0.717, 1.165) is 19.5 Å². The molecule has 0 unspecified atom stereocenters. The Morgan fingerprint density at radius 3 is 2.50 bits per heavy atom. The average molecular weight is 247 g/mol. The van der Waals surface area contributed by atoms with Gasteiger partial charge in [-0.2, -0.15) is 0 Å². The predicted octanol–water partition coefficient (Wildman–Crippen LogP) is 2.24. The van der Waals surface area contributed by atoms with Gasteiger partial charge in [-0.25, -0.2) is 0 Å². The number of anilines is 1. The van der Waals surface area contributed by atoms with E-state index in [-0.39, 0.29) is 6.04 Å². The van der Waals surface area contributed by atoms with E-state index < -0.39 is 0 Å². The molecule has 100 valence electrons. The van der Waals surface area contributed by atoms with E-state index >= 15 is 0 Å². The van der Waals surface area contributed by atoms with Crippen LogP contribution >= 0.6 is 0 Å². The molecule has 2 N–H and O–H groups in total. The molecule has 1 aromatic rings. The van der Waals surface area contributed by atoms with E-state index in [1.54, 1.807) is 0 Å². The molecule has 0 spiro atoms. The van der Waals surface area contributed by atoms with Gasteiger partial charge in [0.1, 0.15) is 0 Å². The van der Waals surface area contributed by atoms with Gasteiger partial charge in [-0.05, 0) is 37.1 Å². The molecule has 2 rings (SSSR count). The maximum Gasteiger partial charge on any atom is 0.0499 e. The molecule has 18 heavy (non-hydrogen) atoms. The van der Waals surface area contributed by atoms with Crippen molar-refractivity contribution < 1.29 is 0 Å². The molecule has 0 aromatic heterocycles. The van der Waals surface area contributed by atoms with Crippen LogP contribution < -0.4 is 10.6 Å². The van der Waals surface area contributed by atoms with Crippen molar-refractivity contribution in [2.45, 2.75) is 31.8 Å². The summed E-state index contributed by atoms with van der Waals surface area (Å²) >= 11 is 0. The summed E-state index contributed by atoms with van der Waals surface area (Å²) in [5.41, 5.74) is 8.88. The summed E-state index contributed by atoms with van der Waals surface area (Å²) in [4.78, 5) is 4.65. The zero-order valence-corrected chi connectivity index (χ0v) is 11.8. The minimum absolute atomic E-state index is 0.279. The third-order valence-corrected chi connectivity index (χ3v) is 3.81. The molecule has 1 heterocycles. The highest BCUT2D eigenvalue weighted by Gasteiger charge is 2.31. The van der Waals surface area contributed by atoms with Crippen LogP contribution in [0.2, 0.25) is 0 Å². The molecule has 3 heteroatoms. The van der Waals surface area contributed by atoms with Gasteiger partial charge in [-0.1, -0.05) is 19.1 Å². The first-order chi connectivity index (χ1) is 8.63. The molecule has 0 bridgehead atoms. The van der Waals surface area contributed by atoms with Crippen molar-refractivity contribution in [3.63, 3.8) is 0 Å². The minimum Gasteiger partial charge on any atom is -0.378 e. The van der Waals surface area contributed by atoms with Gasteiger partial charge in [-0.15, -0.1) is 0 Å². The molecular weight excluding hydrogens is 222 g/mol. The Balaban J connectivity index is 2.18. The van der Waals surface area contributed by atoms with Crippen LogP contribution in [0.3, 0.4) is 0 Å². The van der Waals surface area contributed by atoms with E-state index in [0.29, 0.717) is 6.04 Å². The van der Waals surface area contributed by atoms with E-state index in [1.807, 2.05) is 0 Å². The number of rotatable bonds is 4. The molecule has 2 atom stereocenters. The Kier molecular flexibility index (Phi) is 4.25. The van der Waals surface area contributed by atoms with Crippen molar-refractivity contribution in [1.82, 2.24) is 4.90 Å². The lowest BCUT2D eigenvalue weighted by molar-refractivity contribution is 0.248. The van der Waals surface area contributed by atoms with E-state index in [2.05, 4.69) is 55.1 Å². The summed E-state index contributed by atoms with van der Waals surface area (Å²) in [6, 6.07) is 9.51. The van der Waals surface area contributed by atoms with Crippen LogP contribution in [0.4, 0.5) is 5.69 Å².